The summed E-state index contributed by atoms with van der Waals surface area (Å²) in [4.78, 5) is 11.7. The molecule has 5 nitrogen and oxygen atoms in total. The highest BCUT2D eigenvalue weighted by atomic mass is 16.5. The first-order chi connectivity index (χ1) is 9.86. The van der Waals surface area contributed by atoms with Crippen LogP contribution < -0.4 is 10.1 Å². The van der Waals surface area contributed by atoms with E-state index in [0.29, 0.717) is 18.1 Å². The average Bonchev–Trinajstić information content (AvgIpc) is 2.38. The van der Waals surface area contributed by atoms with Crippen LogP contribution in [0.3, 0.4) is 0 Å². The Morgan fingerprint density at radius 1 is 1.48 bits per heavy atom. The summed E-state index contributed by atoms with van der Waals surface area (Å²) < 4.78 is 10.1. The van der Waals surface area contributed by atoms with Crippen molar-refractivity contribution in [3.05, 3.63) is 29.3 Å². The van der Waals surface area contributed by atoms with Crippen molar-refractivity contribution in [1.29, 1.82) is 0 Å². The van der Waals surface area contributed by atoms with Crippen molar-refractivity contribution >= 4 is 11.7 Å². The molecule has 1 heterocycles. The Bertz CT molecular complexity index is 590. The van der Waals surface area contributed by atoms with Crippen molar-refractivity contribution in [2.75, 3.05) is 13.7 Å². The van der Waals surface area contributed by atoms with Gasteiger partial charge in [-0.2, -0.15) is 0 Å². The molecule has 1 aromatic carbocycles. The lowest BCUT2D eigenvalue weighted by Crippen LogP contribution is -2.43. The lowest BCUT2D eigenvalue weighted by Gasteiger charge is -2.35. The van der Waals surface area contributed by atoms with Crippen molar-refractivity contribution in [2.24, 2.45) is 0 Å². The van der Waals surface area contributed by atoms with Crippen LogP contribution in [-0.2, 0) is 16.0 Å². The second-order valence-electron chi connectivity index (χ2n) is 5.68. The van der Waals surface area contributed by atoms with Crippen LogP contribution in [0.5, 0.6) is 11.5 Å². The maximum atomic E-state index is 11.7. The maximum absolute atomic E-state index is 11.7. The van der Waals surface area contributed by atoms with Gasteiger partial charge in [0, 0.05) is 22.9 Å². The fourth-order valence-electron chi connectivity index (χ4n) is 2.54. The minimum atomic E-state index is -0.404. The molecule has 0 unspecified atom stereocenters. The number of fused-ring (bicyclic) bond motifs is 1. The highest BCUT2D eigenvalue weighted by molar-refractivity contribution is 5.92. The Labute approximate surface area is 124 Å². The van der Waals surface area contributed by atoms with E-state index in [1.807, 2.05) is 19.9 Å². The number of esters is 1. The Kier molecular flexibility index (Phi) is 4.11. The summed E-state index contributed by atoms with van der Waals surface area (Å²) in [5.74, 6) is 0.0772. The molecule has 0 aromatic heterocycles. The molecule has 0 radical (unpaired) electrons. The van der Waals surface area contributed by atoms with Crippen molar-refractivity contribution in [1.82, 2.24) is 5.32 Å². The predicted molar refractivity (Wildman–Crippen MR) is 80.2 cm³/mol. The largest absolute Gasteiger partial charge is 0.504 e. The molecule has 1 aromatic rings. The standard InChI is InChI=1S/C16H21NO4/c1-5-21-15(19)8-12-11-7-13(18)14(20-4)6-10(11)9-16(2,3)17-12/h6-8,17-18H,5,9H2,1-4H3. The number of methoxy groups -OCH3 is 1. The number of benzene rings is 1. The van der Waals surface area contributed by atoms with E-state index in [9.17, 15) is 9.90 Å². The van der Waals surface area contributed by atoms with Gasteiger partial charge in [-0.05, 0) is 44.9 Å². The van der Waals surface area contributed by atoms with E-state index >= 15 is 0 Å². The number of hydrogen-bond donors (Lipinski definition) is 2. The number of phenolic OH excluding ortho intramolecular Hbond substituents is 1. The van der Waals surface area contributed by atoms with Gasteiger partial charge in [0.1, 0.15) is 0 Å². The zero-order valence-electron chi connectivity index (χ0n) is 12.8. The lowest BCUT2D eigenvalue weighted by atomic mass is 9.85. The molecule has 0 aliphatic carbocycles. The van der Waals surface area contributed by atoms with Gasteiger partial charge < -0.3 is 19.9 Å². The molecule has 0 saturated heterocycles. The fourth-order valence-corrected chi connectivity index (χ4v) is 2.54. The number of ether oxygens (including phenoxy) is 2. The molecule has 5 heteroatoms. The Balaban J connectivity index is 2.50. The molecule has 0 amide bonds. The molecule has 0 saturated carbocycles. The third-order valence-electron chi connectivity index (χ3n) is 3.35. The molecule has 1 aliphatic rings. The van der Waals surface area contributed by atoms with E-state index in [-0.39, 0.29) is 11.3 Å². The van der Waals surface area contributed by atoms with Gasteiger partial charge in [-0.15, -0.1) is 0 Å². The van der Waals surface area contributed by atoms with Crippen LogP contribution in [0.25, 0.3) is 5.70 Å². The van der Waals surface area contributed by atoms with Gasteiger partial charge in [0.15, 0.2) is 11.5 Å². The molecular formula is C16H21NO4. The van der Waals surface area contributed by atoms with Crippen LogP contribution in [0, 0.1) is 0 Å². The molecule has 0 spiro atoms. The molecule has 0 atom stereocenters. The average molecular weight is 291 g/mol. The number of carbonyl (C=O) groups is 1. The molecule has 2 N–H and O–H groups in total. The monoisotopic (exact) mass is 291 g/mol. The van der Waals surface area contributed by atoms with E-state index in [0.717, 1.165) is 17.5 Å². The number of rotatable bonds is 3. The summed E-state index contributed by atoms with van der Waals surface area (Å²) in [5.41, 5.74) is 2.26. The Hall–Kier alpha value is -2.17. The molecule has 0 bridgehead atoms. The summed E-state index contributed by atoms with van der Waals surface area (Å²) in [6.45, 7) is 6.19. The zero-order valence-corrected chi connectivity index (χ0v) is 12.8. The summed E-state index contributed by atoms with van der Waals surface area (Å²) in [7, 11) is 1.52. The zero-order chi connectivity index (χ0) is 15.6. The lowest BCUT2D eigenvalue weighted by molar-refractivity contribution is -0.137. The number of carbonyl (C=O) groups excluding carboxylic acids is 1. The number of hydrogen-bond acceptors (Lipinski definition) is 5. The van der Waals surface area contributed by atoms with Gasteiger partial charge >= 0.3 is 5.97 Å². The summed E-state index contributed by atoms with van der Waals surface area (Å²) in [6.07, 6.45) is 2.19. The van der Waals surface area contributed by atoms with Crippen LogP contribution in [0.4, 0.5) is 0 Å². The van der Waals surface area contributed by atoms with Crippen LogP contribution in [0.1, 0.15) is 31.9 Å². The number of aromatic hydroxyl groups is 1. The number of nitrogens with one attached hydrogen (secondary N) is 1. The summed E-state index contributed by atoms with van der Waals surface area (Å²) >= 11 is 0. The summed E-state index contributed by atoms with van der Waals surface area (Å²) in [5, 5.41) is 13.3. The second kappa shape index (κ2) is 5.68. The molecule has 21 heavy (non-hydrogen) atoms. The van der Waals surface area contributed by atoms with E-state index < -0.39 is 5.97 Å². The molecule has 0 fully saturated rings. The molecule has 2 rings (SSSR count). The minimum absolute atomic E-state index is 0.0486. The Morgan fingerprint density at radius 2 is 2.19 bits per heavy atom. The van der Waals surface area contributed by atoms with Crippen LogP contribution in [0.15, 0.2) is 18.2 Å². The van der Waals surface area contributed by atoms with Gasteiger partial charge in [-0.3, -0.25) is 0 Å². The molecule has 114 valence electrons. The highest BCUT2D eigenvalue weighted by Gasteiger charge is 2.29. The fraction of sp³-hybridized carbons (Fsp3) is 0.438. The Morgan fingerprint density at radius 3 is 2.81 bits per heavy atom. The van der Waals surface area contributed by atoms with Crippen molar-refractivity contribution in [3.63, 3.8) is 0 Å². The summed E-state index contributed by atoms with van der Waals surface area (Å²) in [6, 6.07) is 3.42. The first kappa shape index (κ1) is 15.2. The van der Waals surface area contributed by atoms with E-state index in [4.69, 9.17) is 9.47 Å². The van der Waals surface area contributed by atoms with Crippen molar-refractivity contribution < 1.29 is 19.4 Å². The van der Waals surface area contributed by atoms with Crippen LogP contribution in [-0.4, -0.2) is 30.3 Å². The van der Waals surface area contributed by atoms with Crippen molar-refractivity contribution in [3.8, 4) is 11.5 Å². The van der Waals surface area contributed by atoms with E-state index in [1.165, 1.54) is 13.2 Å². The second-order valence-corrected chi connectivity index (χ2v) is 5.68. The maximum Gasteiger partial charge on any atom is 0.332 e. The highest BCUT2D eigenvalue weighted by Crippen LogP contribution is 2.37. The van der Waals surface area contributed by atoms with Gasteiger partial charge in [0.2, 0.25) is 0 Å². The normalized spacial score (nSPS) is 17.8. The smallest absolute Gasteiger partial charge is 0.332 e. The third kappa shape index (κ3) is 3.29. The molecular weight excluding hydrogens is 270 g/mol. The first-order valence-corrected chi connectivity index (χ1v) is 6.93. The van der Waals surface area contributed by atoms with E-state index in [2.05, 4.69) is 5.32 Å². The predicted octanol–water partition coefficient (Wildman–Crippen LogP) is 2.23. The quantitative estimate of drug-likeness (QED) is 0.660. The van der Waals surface area contributed by atoms with Crippen molar-refractivity contribution in [2.45, 2.75) is 32.7 Å². The van der Waals surface area contributed by atoms with E-state index in [1.54, 1.807) is 13.0 Å². The van der Waals surface area contributed by atoms with Gasteiger partial charge in [-0.1, -0.05) is 0 Å². The van der Waals surface area contributed by atoms with Gasteiger partial charge in [0.25, 0.3) is 0 Å². The third-order valence-corrected chi connectivity index (χ3v) is 3.35. The number of phenols is 1. The molecule has 1 aliphatic heterocycles. The van der Waals surface area contributed by atoms with Crippen LogP contribution in [0.2, 0.25) is 0 Å². The SMILES string of the molecule is CCOC(=O)C=C1NC(C)(C)Cc2cc(OC)c(O)cc21. The van der Waals surface area contributed by atoms with Gasteiger partial charge in [-0.25, -0.2) is 4.79 Å². The topological polar surface area (TPSA) is 67.8 Å². The first-order valence-electron chi connectivity index (χ1n) is 6.93. The minimum Gasteiger partial charge on any atom is -0.504 e. The van der Waals surface area contributed by atoms with Gasteiger partial charge in [0.05, 0.1) is 13.7 Å². The van der Waals surface area contributed by atoms with Crippen LogP contribution >= 0.6 is 0 Å².